The lowest BCUT2D eigenvalue weighted by Crippen LogP contribution is -2.27. The summed E-state index contributed by atoms with van der Waals surface area (Å²) < 4.78 is 21.1. The SMILES string of the molecule is O=C1S/C(=C\c2cn(CCOc3ccc(Cl)cc3)c3ccccc23)C(=O)N1Cc1ccc(F)cc1. The monoisotopic (exact) mass is 506 g/mol. The van der Waals surface area contributed by atoms with Gasteiger partial charge in [-0.15, -0.1) is 0 Å². The maximum absolute atomic E-state index is 13.2. The molecule has 1 aliphatic heterocycles. The van der Waals surface area contributed by atoms with Crippen LogP contribution in [0, 0.1) is 5.82 Å². The van der Waals surface area contributed by atoms with Crippen molar-refractivity contribution in [2.75, 3.05) is 6.61 Å². The van der Waals surface area contributed by atoms with E-state index >= 15 is 0 Å². The lowest BCUT2D eigenvalue weighted by molar-refractivity contribution is -0.123. The van der Waals surface area contributed by atoms with Crippen LogP contribution in [0.4, 0.5) is 9.18 Å². The highest BCUT2D eigenvalue weighted by Crippen LogP contribution is 2.35. The first-order valence-electron chi connectivity index (χ1n) is 10.9. The van der Waals surface area contributed by atoms with Gasteiger partial charge in [0.2, 0.25) is 0 Å². The normalized spacial score (nSPS) is 14.9. The first kappa shape index (κ1) is 23.2. The van der Waals surface area contributed by atoms with Gasteiger partial charge in [-0.1, -0.05) is 41.9 Å². The standard InChI is InChI=1S/C27H20ClFN2O3S/c28-20-7-11-22(12-8-20)34-14-13-30-17-19(23-3-1-2-4-24(23)30)15-25-26(32)31(27(33)35-25)16-18-5-9-21(29)10-6-18/h1-12,15,17H,13-14,16H2/b25-15-. The van der Waals surface area contributed by atoms with E-state index in [4.69, 9.17) is 16.3 Å². The summed E-state index contributed by atoms with van der Waals surface area (Å²) in [4.78, 5) is 27.1. The molecule has 1 saturated heterocycles. The number of rotatable bonds is 7. The molecule has 0 saturated carbocycles. The van der Waals surface area contributed by atoms with Crippen molar-refractivity contribution in [3.05, 3.63) is 106 Å². The third-order valence-electron chi connectivity index (χ3n) is 5.65. The van der Waals surface area contributed by atoms with Gasteiger partial charge in [-0.05, 0) is 65.9 Å². The van der Waals surface area contributed by atoms with Crippen LogP contribution in [0.25, 0.3) is 17.0 Å². The van der Waals surface area contributed by atoms with Gasteiger partial charge in [-0.3, -0.25) is 14.5 Å². The molecule has 0 aliphatic carbocycles. The van der Waals surface area contributed by atoms with Crippen molar-refractivity contribution in [3.8, 4) is 5.75 Å². The van der Waals surface area contributed by atoms with Gasteiger partial charge in [0.15, 0.2) is 0 Å². The Labute approximate surface area is 210 Å². The number of aromatic nitrogens is 1. The summed E-state index contributed by atoms with van der Waals surface area (Å²) in [6.07, 6.45) is 3.72. The number of hydrogen-bond donors (Lipinski definition) is 0. The minimum atomic E-state index is -0.363. The van der Waals surface area contributed by atoms with E-state index in [2.05, 4.69) is 4.57 Å². The Hall–Kier alpha value is -3.55. The van der Waals surface area contributed by atoms with Crippen LogP contribution in [0.15, 0.2) is 83.9 Å². The number of imide groups is 1. The average molecular weight is 507 g/mol. The first-order valence-corrected chi connectivity index (χ1v) is 12.1. The second-order valence-electron chi connectivity index (χ2n) is 7.99. The largest absolute Gasteiger partial charge is 0.492 e. The maximum atomic E-state index is 13.2. The van der Waals surface area contributed by atoms with Crippen molar-refractivity contribution in [2.24, 2.45) is 0 Å². The molecule has 5 nitrogen and oxygen atoms in total. The summed E-state index contributed by atoms with van der Waals surface area (Å²) in [5.41, 5.74) is 2.54. The highest BCUT2D eigenvalue weighted by atomic mass is 35.5. The van der Waals surface area contributed by atoms with Crippen LogP contribution in [0.5, 0.6) is 5.75 Å². The number of carbonyl (C=O) groups is 2. The molecule has 1 aromatic heterocycles. The zero-order valence-corrected chi connectivity index (χ0v) is 20.1. The molecule has 0 bridgehead atoms. The molecule has 0 N–H and O–H groups in total. The number of halogens is 2. The summed E-state index contributed by atoms with van der Waals surface area (Å²) in [5.74, 6) is 0.0193. The van der Waals surface area contributed by atoms with Gasteiger partial charge in [-0.2, -0.15) is 0 Å². The lowest BCUT2D eigenvalue weighted by Gasteiger charge is -2.12. The summed E-state index contributed by atoms with van der Waals surface area (Å²) >= 11 is 6.84. The van der Waals surface area contributed by atoms with Crippen molar-refractivity contribution in [1.29, 1.82) is 0 Å². The summed E-state index contributed by atoms with van der Waals surface area (Å²) in [6.45, 7) is 1.16. The second kappa shape index (κ2) is 9.98. The van der Waals surface area contributed by atoms with E-state index in [9.17, 15) is 14.0 Å². The van der Waals surface area contributed by atoms with E-state index in [-0.39, 0.29) is 23.5 Å². The van der Waals surface area contributed by atoms with Gasteiger partial charge in [0.05, 0.1) is 18.0 Å². The number of amides is 2. The number of hydrogen-bond acceptors (Lipinski definition) is 4. The maximum Gasteiger partial charge on any atom is 0.293 e. The Kier molecular flexibility index (Phi) is 6.61. The van der Waals surface area contributed by atoms with Gasteiger partial charge in [0.25, 0.3) is 11.1 Å². The zero-order chi connectivity index (χ0) is 24.4. The summed E-state index contributed by atoms with van der Waals surface area (Å²) in [6, 6.07) is 20.9. The van der Waals surface area contributed by atoms with Crippen LogP contribution in [-0.2, 0) is 17.9 Å². The van der Waals surface area contributed by atoms with E-state index in [0.717, 1.165) is 34.0 Å². The van der Waals surface area contributed by atoms with Crippen LogP contribution < -0.4 is 4.74 Å². The quantitative estimate of drug-likeness (QED) is 0.260. The molecule has 1 aliphatic rings. The highest BCUT2D eigenvalue weighted by molar-refractivity contribution is 8.18. The molecule has 8 heteroatoms. The molecule has 0 unspecified atom stereocenters. The topological polar surface area (TPSA) is 51.5 Å². The predicted octanol–water partition coefficient (Wildman–Crippen LogP) is 6.75. The van der Waals surface area contributed by atoms with E-state index in [0.29, 0.717) is 28.6 Å². The van der Waals surface area contributed by atoms with Crippen LogP contribution in [0.2, 0.25) is 5.02 Å². The highest BCUT2D eigenvalue weighted by Gasteiger charge is 2.35. The fraction of sp³-hybridized carbons (Fsp3) is 0.111. The predicted molar refractivity (Wildman–Crippen MR) is 137 cm³/mol. The Morgan fingerprint density at radius 1 is 0.971 bits per heavy atom. The van der Waals surface area contributed by atoms with Crippen LogP contribution >= 0.6 is 23.4 Å². The molecule has 1 fully saturated rings. The van der Waals surface area contributed by atoms with Crippen molar-refractivity contribution < 1.29 is 18.7 Å². The smallest absolute Gasteiger partial charge is 0.293 e. The number of thioether (sulfide) groups is 1. The van der Waals surface area contributed by atoms with Gasteiger partial charge in [0.1, 0.15) is 18.2 Å². The molecule has 4 aromatic rings. The Morgan fingerprint density at radius 2 is 1.71 bits per heavy atom. The lowest BCUT2D eigenvalue weighted by atomic mass is 10.1. The fourth-order valence-electron chi connectivity index (χ4n) is 3.92. The summed E-state index contributed by atoms with van der Waals surface area (Å²) in [7, 11) is 0. The van der Waals surface area contributed by atoms with Crippen LogP contribution in [0.3, 0.4) is 0 Å². The van der Waals surface area contributed by atoms with Crippen molar-refractivity contribution >= 4 is 51.5 Å². The molecule has 2 amide bonds. The first-order chi connectivity index (χ1) is 17.0. The number of benzene rings is 3. The van der Waals surface area contributed by atoms with Crippen LogP contribution in [-0.4, -0.2) is 27.2 Å². The Morgan fingerprint density at radius 3 is 2.49 bits per heavy atom. The molecular weight excluding hydrogens is 487 g/mol. The molecule has 3 aromatic carbocycles. The molecule has 5 rings (SSSR count). The van der Waals surface area contributed by atoms with Gasteiger partial charge in [-0.25, -0.2) is 4.39 Å². The van der Waals surface area contributed by atoms with Crippen molar-refractivity contribution in [2.45, 2.75) is 13.1 Å². The average Bonchev–Trinajstić information content (AvgIpc) is 3.34. The molecule has 0 radical (unpaired) electrons. The van der Waals surface area contributed by atoms with Crippen LogP contribution in [0.1, 0.15) is 11.1 Å². The van der Waals surface area contributed by atoms with E-state index in [1.807, 2.05) is 42.6 Å². The number of nitrogens with zero attached hydrogens (tertiary/aromatic N) is 2. The molecule has 0 atom stereocenters. The molecule has 2 heterocycles. The number of fused-ring (bicyclic) bond motifs is 1. The molecular formula is C27H20ClFN2O3S. The molecule has 0 spiro atoms. The van der Waals surface area contributed by atoms with E-state index < -0.39 is 0 Å². The Bertz CT molecular complexity index is 1430. The van der Waals surface area contributed by atoms with Gasteiger partial charge in [0, 0.05) is 27.7 Å². The number of carbonyl (C=O) groups excluding carboxylic acids is 2. The fourth-order valence-corrected chi connectivity index (χ4v) is 4.87. The van der Waals surface area contributed by atoms with Crippen molar-refractivity contribution in [3.63, 3.8) is 0 Å². The van der Waals surface area contributed by atoms with E-state index in [1.54, 1.807) is 30.3 Å². The van der Waals surface area contributed by atoms with Gasteiger partial charge < -0.3 is 9.30 Å². The Balaban J connectivity index is 1.35. The zero-order valence-electron chi connectivity index (χ0n) is 18.5. The third kappa shape index (κ3) is 5.11. The summed E-state index contributed by atoms with van der Waals surface area (Å²) in [5, 5.41) is 1.29. The second-order valence-corrected chi connectivity index (χ2v) is 9.42. The molecule has 176 valence electrons. The minimum absolute atomic E-state index is 0.103. The molecule has 35 heavy (non-hydrogen) atoms. The third-order valence-corrected chi connectivity index (χ3v) is 6.81. The minimum Gasteiger partial charge on any atom is -0.492 e. The number of para-hydroxylation sites is 1. The van der Waals surface area contributed by atoms with Gasteiger partial charge >= 0.3 is 0 Å². The van der Waals surface area contributed by atoms with Crippen molar-refractivity contribution in [1.82, 2.24) is 9.47 Å². The number of ether oxygens (including phenoxy) is 1. The van der Waals surface area contributed by atoms with E-state index in [1.165, 1.54) is 17.0 Å².